The number of unbranched alkanes of at least 4 members (excludes halogenated alkanes) is 9. The molecule has 166 valence electrons. The first-order chi connectivity index (χ1) is 13.4. The third-order valence-electron chi connectivity index (χ3n) is 5.70. The summed E-state index contributed by atoms with van der Waals surface area (Å²) in [4.78, 5) is 22.9. The number of likely N-dealkylation sites (N-methyl/N-ethyl adjacent to an activating group) is 1. The highest BCUT2D eigenvalue weighted by Crippen LogP contribution is 2.11. The average molecular weight is 401 g/mol. The van der Waals surface area contributed by atoms with E-state index in [0.717, 1.165) is 12.8 Å². The molecule has 0 spiro atoms. The summed E-state index contributed by atoms with van der Waals surface area (Å²) in [5, 5.41) is 24.0. The molecule has 0 aliphatic heterocycles. The lowest BCUT2D eigenvalue weighted by molar-refractivity contribution is -0.922. The number of quaternary nitrogens is 1. The summed E-state index contributed by atoms with van der Waals surface area (Å²) in [6.45, 7) is 7.62. The number of rotatable bonds is 19. The molecular weight excluding hydrogens is 356 g/mol. The van der Waals surface area contributed by atoms with Crippen molar-refractivity contribution >= 4 is 11.9 Å². The minimum atomic E-state index is -1.11. The first kappa shape index (κ1) is 26.9. The van der Waals surface area contributed by atoms with Crippen LogP contribution in [0.2, 0.25) is 0 Å². The van der Waals surface area contributed by atoms with E-state index in [1.807, 2.05) is 13.8 Å². The van der Waals surface area contributed by atoms with Crippen LogP contribution < -0.4 is 10.4 Å². The van der Waals surface area contributed by atoms with Gasteiger partial charge >= 0.3 is 0 Å². The molecular formula is C22H44N2O4. The topological polar surface area (TPSA) is 89.5 Å². The monoisotopic (exact) mass is 400 g/mol. The molecule has 0 aromatic carbocycles. The smallest absolute Gasteiger partial charge is 0.220 e. The number of nitrogens with zero attached hydrogens (tertiary/aromatic N) is 1. The number of aliphatic hydroxyl groups excluding tert-OH is 1. The molecule has 0 heterocycles. The second-order valence-corrected chi connectivity index (χ2v) is 8.08. The quantitative estimate of drug-likeness (QED) is 0.257. The SMILES string of the molecule is CCCCCCCCCCCCC(=O)NCC(O)C[N+](CC)(CC)CC(=O)[O-]. The van der Waals surface area contributed by atoms with Crippen LogP contribution in [-0.4, -0.2) is 60.3 Å². The van der Waals surface area contributed by atoms with E-state index in [0.29, 0.717) is 26.1 Å². The summed E-state index contributed by atoms with van der Waals surface area (Å²) < 4.78 is 0.262. The zero-order valence-corrected chi connectivity index (χ0v) is 18.5. The number of carbonyl (C=O) groups is 2. The van der Waals surface area contributed by atoms with Gasteiger partial charge in [-0.25, -0.2) is 0 Å². The van der Waals surface area contributed by atoms with Gasteiger partial charge in [0.2, 0.25) is 5.91 Å². The van der Waals surface area contributed by atoms with Crippen molar-refractivity contribution in [1.29, 1.82) is 0 Å². The van der Waals surface area contributed by atoms with Gasteiger partial charge in [-0.1, -0.05) is 64.7 Å². The fourth-order valence-electron chi connectivity index (χ4n) is 3.65. The molecule has 6 nitrogen and oxygen atoms in total. The number of aliphatic hydroxyl groups is 1. The maximum absolute atomic E-state index is 11.9. The average Bonchev–Trinajstić information content (AvgIpc) is 2.66. The second kappa shape index (κ2) is 16.8. The van der Waals surface area contributed by atoms with Gasteiger partial charge in [0.1, 0.15) is 19.2 Å². The van der Waals surface area contributed by atoms with Crippen molar-refractivity contribution in [3.8, 4) is 0 Å². The van der Waals surface area contributed by atoms with Crippen LogP contribution in [0.1, 0.15) is 91.4 Å². The highest BCUT2D eigenvalue weighted by atomic mass is 16.4. The van der Waals surface area contributed by atoms with E-state index in [-0.39, 0.29) is 23.5 Å². The van der Waals surface area contributed by atoms with Crippen molar-refractivity contribution < 1.29 is 24.3 Å². The molecule has 0 radical (unpaired) electrons. The van der Waals surface area contributed by atoms with Crippen molar-refractivity contribution in [2.24, 2.45) is 0 Å². The maximum atomic E-state index is 11.9. The van der Waals surface area contributed by atoms with Crippen LogP contribution in [0.25, 0.3) is 0 Å². The van der Waals surface area contributed by atoms with Gasteiger partial charge in [-0.15, -0.1) is 0 Å². The number of carboxylic acid groups (broad SMARTS) is 1. The molecule has 0 bridgehead atoms. The molecule has 0 aliphatic rings. The van der Waals surface area contributed by atoms with Gasteiger partial charge in [-0.05, 0) is 20.3 Å². The van der Waals surface area contributed by atoms with E-state index in [9.17, 15) is 19.8 Å². The minimum Gasteiger partial charge on any atom is -0.544 e. The largest absolute Gasteiger partial charge is 0.544 e. The fraction of sp³-hybridized carbons (Fsp3) is 0.909. The van der Waals surface area contributed by atoms with Gasteiger partial charge in [0.25, 0.3) is 0 Å². The first-order valence-electron chi connectivity index (χ1n) is 11.4. The Balaban J connectivity index is 3.81. The predicted octanol–water partition coefficient (Wildman–Crippen LogP) is 2.38. The number of hydrogen-bond acceptors (Lipinski definition) is 4. The van der Waals surface area contributed by atoms with Crippen LogP contribution in [0.5, 0.6) is 0 Å². The molecule has 0 saturated carbocycles. The van der Waals surface area contributed by atoms with E-state index in [1.54, 1.807) is 0 Å². The van der Waals surface area contributed by atoms with Crippen molar-refractivity contribution in [3.63, 3.8) is 0 Å². The number of amides is 1. The van der Waals surface area contributed by atoms with E-state index < -0.39 is 12.1 Å². The Morgan fingerprint density at radius 2 is 1.39 bits per heavy atom. The number of carbonyl (C=O) groups excluding carboxylic acids is 2. The third-order valence-corrected chi connectivity index (χ3v) is 5.70. The van der Waals surface area contributed by atoms with Crippen LogP contribution in [0.15, 0.2) is 0 Å². The molecule has 0 rings (SSSR count). The number of hydrogen-bond donors (Lipinski definition) is 2. The van der Waals surface area contributed by atoms with Crippen LogP contribution in [-0.2, 0) is 9.59 Å². The number of aliphatic carboxylic acids is 1. The van der Waals surface area contributed by atoms with Gasteiger partial charge in [0.15, 0.2) is 0 Å². The van der Waals surface area contributed by atoms with Gasteiger partial charge in [0.05, 0.1) is 19.1 Å². The highest BCUT2D eigenvalue weighted by molar-refractivity contribution is 5.75. The van der Waals surface area contributed by atoms with Crippen LogP contribution >= 0.6 is 0 Å². The van der Waals surface area contributed by atoms with E-state index in [1.165, 1.54) is 51.4 Å². The molecule has 0 saturated heterocycles. The summed E-state index contributed by atoms with van der Waals surface area (Å²) in [7, 11) is 0. The van der Waals surface area contributed by atoms with E-state index in [2.05, 4.69) is 12.2 Å². The normalized spacial score (nSPS) is 12.7. The van der Waals surface area contributed by atoms with E-state index in [4.69, 9.17) is 0 Å². The molecule has 0 aromatic heterocycles. The summed E-state index contributed by atoms with van der Waals surface area (Å²) >= 11 is 0. The molecule has 0 aliphatic carbocycles. The van der Waals surface area contributed by atoms with Gasteiger partial charge < -0.3 is 24.8 Å². The lowest BCUT2D eigenvalue weighted by atomic mass is 10.1. The van der Waals surface area contributed by atoms with Crippen molar-refractivity contribution in [2.45, 2.75) is 97.5 Å². The van der Waals surface area contributed by atoms with Crippen LogP contribution in [0.3, 0.4) is 0 Å². The Morgan fingerprint density at radius 3 is 1.86 bits per heavy atom. The van der Waals surface area contributed by atoms with Gasteiger partial charge in [0, 0.05) is 13.0 Å². The summed E-state index contributed by atoms with van der Waals surface area (Å²) in [6, 6.07) is 0. The van der Waals surface area contributed by atoms with Crippen molar-refractivity contribution in [2.75, 3.05) is 32.7 Å². The maximum Gasteiger partial charge on any atom is 0.220 e. The Hall–Kier alpha value is -1.14. The van der Waals surface area contributed by atoms with Gasteiger partial charge in [-0.3, -0.25) is 4.79 Å². The lowest BCUT2D eigenvalue weighted by Gasteiger charge is -2.38. The van der Waals surface area contributed by atoms with E-state index >= 15 is 0 Å². The second-order valence-electron chi connectivity index (χ2n) is 8.08. The molecule has 6 heteroatoms. The summed E-state index contributed by atoms with van der Waals surface area (Å²) in [6.07, 6.45) is 12.1. The van der Waals surface area contributed by atoms with Crippen LogP contribution in [0.4, 0.5) is 0 Å². The lowest BCUT2D eigenvalue weighted by Crippen LogP contribution is -2.58. The van der Waals surface area contributed by atoms with Crippen molar-refractivity contribution in [1.82, 2.24) is 5.32 Å². The molecule has 0 aromatic rings. The molecule has 1 amide bonds. The zero-order chi connectivity index (χ0) is 21.3. The number of nitrogens with one attached hydrogen (secondary N) is 1. The van der Waals surface area contributed by atoms with Crippen molar-refractivity contribution in [3.05, 3.63) is 0 Å². The van der Waals surface area contributed by atoms with Crippen LogP contribution in [0, 0.1) is 0 Å². The Kier molecular flexibility index (Phi) is 16.1. The molecule has 28 heavy (non-hydrogen) atoms. The molecule has 2 N–H and O–H groups in total. The Morgan fingerprint density at radius 1 is 0.893 bits per heavy atom. The minimum absolute atomic E-state index is 0.0374. The Bertz CT molecular complexity index is 411. The standard InChI is InChI=1S/C22H44N2O4/c1-4-7-8-9-10-11-12-13-14-15-16-21(26)23-17-20(25)18-24(5-2,6-3)19-22(27)28/h20,25H,4-19H2,1-3H3,(H-,23,26,27,28). The summed E-state index contributed by atoms with van der Waals surface area (Å²) in [5.41, 5.74) is 0. The van der Waals surface area contributed by atoms with Gasteiger partial charge in [-0.2, -0.15) is 0 Å². The fourth-order valence-corrected chi connectivity index (χ4v) is 3.65. The molecule has 1 unspecified atom stereocenters. The first-order valence-corrected chi connectivity index (χ1v) is 11.4. The highest BCUT2D eigenvalue weighted by Gasteiger charge is 2.27. The number of carboxylic acids is 1. The zero-order valence-electron chi connectivity index (χ0n) is 18.5. The third kappa shape index (κ3) is 13.9. The molecule has 1 atom stereocenters. The Labute approximate surface area is 172 Å². The predicted molar refractivity (Wildman–Crippen MR) is 112 cm³/mol. The summed E-state index contributed by atoms with van der Waals surface area (Å²) in [5.74, 6) is -1.15. The molecule has 0 fully saturated rings.